The molecule has 0 spiro atoms. The van der Waals surface area contributed by atoms with Crippen molar-refractivity contribution in [3.63, 3.8) is 0 Å². The summed E-state index contributed by atoms with van der Waals surface area (Å²) in [5.74, 6) is 0.310. The van der Waals surface area contributed by atoms with Crippen molar-refractivity contribution in [3.8, 4) is 0 Å². The van der Waals surface area contributed by atoms with Crippen LogP contribution < -0.4 is 0 Å². The Morgan fingerprint density at radius 1 is 0.741 bits per heavy atom. The van der Waals surface area contributed by atoms with Gasteiger partial charge in [0.15, 0.2) is 0 Å². The summed E-state index contributed by atoms with van der Waals surface area (Å²) in [4.78, 5) is 24.8. The van der Waals surface area contributed by atoms with Gasteiger partial charge in [-0.25, -0.2) is 0 Å². The second-order valence-corrected chi connectivity index (χ2v) is 8.14. The number of methoxy groups -OCH3 is 2. The maximum Gasteiger partial charge on any atom is 0.238 e. The minimum atomic E-state index is -0.300. The average Bonchev–Trinajstić information content (AvgIpc) is 2.67. The average molecular weight is 397 g/mol. The van der Waals surface area contributed by atoms with Crippen molar-refractivity contribution in [3.05, 3.63) is 22.5 Å². The summed E-state index contributed by atoms with van der Waals surface area (Å²) in [6, 6.07) is 0. The number of ether oxygens (including phenoxy) is 2. The van der Waals surface area contributed by atoms with Gasteiger partial charge in [-0.3, -0.25) is 9.59 Å². The molecular weight excluding hydrogens is 360 g/mol. The minimum absolute atomic E-state index is 0.00258. The predicted molar refractivity (Wildman–Crippen MR) is 113 cm³/mol. The fourth-order valence-corrected chi connectivity index (χ4v) is 4.17. The highest BCUT2D eigenvalue weighted by molar-refractivity contribution is 8.04. The molecule has 4 nitrogen and oxygen atoms in total. The van der Waals surface area contributed by atoms with Gasteiger partial charge in [-0.05, 0) is 12.2 Å². The van der Waals surface area contributed by atoms with Crippen LogP contribution in [0.2, 0.25) is 0 Å². The molecule has 0 aliphatic heterocycles. The molecule has 0 N–H and O–H groups in total. The van der Waals surface area contributed by atoms with E-state index in [1.807, 2.05) is 0 Å². The SMILES string of the molecule is CCCCCCCCCCCCCCSC1=CC(=O)C(OC)=C(OC)C1=O. The molecule has 0 aromatic rings. The largest absolute Gasteiger partial charge is 0.490 e. The van der Waals surface area contributed by atoms with Gasteiger partial charge in [-0.15, -0.1) is 11.8 Å². The lowest BCUT2D eigenvalue weighted by atomic mass is 10.1. The van der Waals surface area contributed by atoms with Crippen molar-refractivity contribution < 1.29 is 19.1 Å². The summed E-state index contributed by atoms with van der Waals surface area (Å²) >= 11 is 1.44. The Hall–Kier alpha value is -1.23. The highest BCUT2D eigenvalue weighted by atomic mass is 32.2. The Morgan fingerprint density at radius 3 is 1.70 bits per heavy atom. The second-order valence-electron chi connectivity index (χ2n) is 7.01. The molecule has 0 radical (unpaired) electrons. The molecule has 0 atom stereocenters. The molecule has 0 saturated carbocycles. The molecule has 0 saturated heterocycles. The quantitative estimate of drug-likeness (QED) is 0.238. The topological polar surface area (TPSA) is 52.6 Å². The van der Waals surface area contributed by atoms with Gasteiger partial charge >= 0.3 is 0 Å². The lowest BCUT2D eigenvalue weighted by Gasteiger charge is -2.16. The summed E-state index contributed by atoms with van der Waals surface area (Å²) in [5, 5.41) is 0. The summed E-state index contributed by atoms with van der Waals surface area (Å²) < 4.78 is 10.0. The van der Waals surface area contributed by atoms with Crippen molar-refractivity contribution in [2.24, 2.45) is 0 Å². The van der Waals surface area contributed by atoms with Gasteiger partial charge in [0.1, 0.15) is 0 Å². The van der Waals surface area contributed by atoms with Crippen LogP contribution in [-0.4, -0.2) is 31.5 Å². The molecule has 0 amide bonds. The maximum absolute atomic E-state index is 12.3. The van der Waals surface area contributed by atoms with Gasteiger partial charge in [0.05, 0.1) is 19.1 Å². The zero-order valence-electron chi connectivity index (χ0n) is 17.3. The van der Waals surface area contributed by atoms with Gasteiger partial charge in [0.25, 0.3) is 0 Å². The third kappa shape index (κ3) is 9.00. The highest BCUT2D eigenvalue weighted by Gasteiger charge is 2.30. The molecule has 27 heavy (non-hydrogen) atoms. The predicted octanol–water partition coefficient (Wildman–Crippen LogP) is 5.96. The van der Waals surface area contributed by atoms with Crippen LogP contribution in [0.25, 0.3) is 0 Å². The van der Waals surface area contributed by atoms with E-state index in [0.29, 0.717) is 4.91 Å². The lowest BCUT2D eigenvalue weighted by Crippen LogP contribution is -2.20. The number of hydrogen-bond acceptors (Lipinski definition) is 5. The van der Waals surface area contributed by atoms with Gasteiger partial charge in [0, 0.05) is 6.08 Å². The molecule has 1 aliphatic rings. The van der Waals surface area contributed by atoms with E-state index >= 15 is 0 Å². The monoisotopic (exact) mass is 396 g/mol. The van der Waals surface area contributed by atoms with E-state index in [9.17, 15) is 9.59 Å². The normalized spacial score (nSPS) is 14.6. The van der Waals surface area contributed by atoms with Gasteiger partial charge in [-0.2, -0.15) is 0 Å². The Bertz CT molecular complexity index is 522. The fourth-order valence-electron chi connectivity index (χ4n) is 3.19. The first-order valence-corrected chi connectivity index (χ1v) is 11.4. The first kappa shape index (κ1) is 23.8. The van der Waals surface area contributed by atoms with E-state index in [1.54, 1.807) is 0 Å². The second kappa shape index (κ2) is 14.8. The third-order valence-electron chi connectivity index (χ3n) is 4.79. The molecule has 1 rings (SSSR count). The summed E-state index contributed by atoms with van der Waals surface area (Å²) in [5.41, 5.74) is 0. The molecule has 0 fully saturated rings. The van der Waals surface area contributed by atoms with Crippen LogP contribution in [0.3, 0.4) is 0 Å². The molecule has 0 aromatic carbocycles. The molecule has 0 aromatic heterocycles. The van der Waals surface area contributed by atoms with Gasteiger partial charge in [-0.1, -0.05) is 77.6 Å². The van der Waals surface area contributed by atoms with Crippen LogP contribution in [0, 0.1) is 0 Å². The van der Waals surface area contributed by atoms with Crippen LogP contribution in [0.15, 0.2) is 22.5 Å². The summed E-state index contributed by atoms with van der Waals surface area (Å²) in [7, 11) is 2.76. The van der Waals surface area contributed by atoms with Crippen LogP contribution >= 0.6 is 11.8 Å². The number of unbranched alkanes of at least 4 members (excludes halogenated alkanes) is 11. The number of allylic oxidation sites excluding steroid dienone is 2. The Kier molecular flexibility index (Phi) is 13.0. The van der Waals surface area contributed by atoms with E-state index in [0.717, 1.165) is 12.2 Å². The number of hydrogen-bond donors (Lipinski definition) is 0. The number of thioether (sulfide) groups is 1. The molecule has 0 bridgehead atoms. The fraction of sp³-hybridized carbons (Fsp3) is 0.727. The Labute approximate surface area is 169 Å². The number of ketones is 2. The van der Waals surface area contributed by atoms with Crippen molar-refractivity contribution in [2.45, 2.75) is 84.0 Å². The zero-order valence-corrected chi connectivity index (χ0v) is 18.1. The Balaban J connectivity index is 2.07. The molecule has 5 heteroatoms. The standard InChI is InChI=1S/C22H36O4S/c1-4-5-6-7-8-9-10-11-12-13-14-15-16-27-19-17-18(23)21(25-2)22(26-3)20(19)24/h17H,4-16H2,1-3H3. The summed E-state index contributed by atoms with van der Waals surface area (Å²) in [6.45, 7) is 2.26. The molecular formula is C22H36O4S. The van der Waals surface area contributed by atoms with Crippen LogP contribution in [0.1, 0.15) is 84.0 Å². The summed E-state index contributed by atoms with van der Waals surface area (Å²) in [6.07, 6.45) is 17.1. The van der Waals surface area contributed by atoms with Crippen LogP contribution in [0.5, 0.6) is 0 Å². The molecule has 154 valence electrons. The highest BCUT2D eigenvalue weighted by Crippen LogP contribution is 2.28. The minimum Gasteiger partial charge on any atom is -0.490 e. The number of carbonyl (C=O) groups excluding carboxylic acids is 2. The Morgan fingerprint density at radius 2 is 1.22 bits per heavy atom. The molecule has 0 heterocycles. The van der Waals surface area contributed by atoms with E-state index in [1.165, 1.54) is 103 Å². The smallest absolute Gasteiger partial charge is 0.238 e. The van der Waals surface area contributed by atoms with Crippen LogP contribution in [0.4, 0.5) is 0 Å². The van der Waals surface area contributed by atoms with E-state index in [2.05, 4.69) is 6.92 Å². The molecule has 0 unspecified atom stereocenters. The van der Waals surface area contributed by atoms with Crippen molar-refractivity contribution >= 4 is 23.3 Å². The maximum atomic E-state index is 12.3. The first-order valence-electron chi connectivity index (χ1n) is 10.4. The van der Waals surface area contributed by atoms with Crippen molar-refractivity contribution in [1.29, 1.82) is 0 Å². The van der Waals surface area contributed by atoms with Gasteiger partial charge in [0.2, 0.25) is 23.1 Å². The number of rotatable bonds is 16. The van der Waals surface area contributed by atoms with E-state index < -0.39 is 0 Å². The number of carbonyl (C=O) groups is 2. The van der Waals surface area contributed by atoms with Crippen molar-refractivity contribution in [2.75, 3.05) is 20.0 Å². The van der Waals surface area contributed by atoms with Crippen LogP contribution in [-0.2, 0) is 19.1 Å². The van der Waals surface area contributed by atoms with E-state index in [4.69, 9.17) is 9.47 Å². The van der Waals surface area contributed by atoms with Gasteiger partial charge < -0.3 is 9.47 Å². The number of Topliss-reactive ketones (excluding diaryl/α,β-unsaturated/α-hetero) is 1. The third-order valence-corrected chi connectivity index (χ3v) is 5.89. The first-order chi connectivity index (χ1) is 13.2. The molecule has 1 aliphatic carbocycles. The lowest BCUT2D eigenvalue weighted by molar-refractivity contribution is -0.119. The van der Waals surface area contributed by atoms with E-state index in [-0.39, 0.29) is 23.1 Å². The zero-order chi connectivity index (χ0) is 19.9. The van der Waals surface area contributed by atoms with Crippen molar-refractivity contribution in [1.82, 2.24) is 0 Å².